The maximum absolute atomic E-state index is 11.3. The lowest BCUT2D eigenvalue weighted by Gasteiger charge is -2.40. The van der Waals surface area contributed by atoms with Gasteiger partial charge in [-0.1, -0.05) is 6.92 Å². The fourth-order valence-electron chi connectivity index (χ4n) is 2.08. The van der Waals surface area contributed by atoms with Crippen LogP contribution in [0.15, 0.2) is 17.2 Å². The Bertz CT molecular complexity index is 392. The number of H-pyrrole nitrogens is 1. The van der Waals surface area contributed by atoms with Crippen LogP contribution in [-0.4, -0.2) is 47.8 Å². The number of hydrogen-bond donors (Lipinski definition) is 1. The van der Waals surface area contributed by atoms with Crippen molar-refractivity contribution in [1.82, 2.24) is 14.5 Å². The van der Waals surface area contributed by atoms with Crippen molar-refractivity contribution in [3.05, 3.63) is 22.9 Å². The molecule has 0 radical (unpaired) electrons. The molecule has 5 heteroatoms. The second-order valence-corrected chi connectivity index (χ2v) is 5.00. The minimum Gasteiger partial charge on any atom is -0.380 e. The number of rotatable bonds is 5. The minimum absolute atomic E-state index is 0.0356. The van der Waals surface area contributed by atoms with E-state index in [0.29, 0.717) is 5.41 Å². The molecule has 1 aromatic heterocycles. The molecular weight excluding hydrogens is 206 g/mol. The van der Waals surface area contributed by atoms with E-state index in [9.17, 15) is 4.79 Å². The summed E-state index contributed by atoms with van der Waals surface area (Å²) < 4.78 is 6.91. The Morgan fingerprint density at radius 1 is 1.62 bits per heavy atom. The highest BCUT2D eigenvalue weighted by molar-refractivity contribution is 4.83. The molecule has 0 amide bonds. The van der Waals surface area contributed by atoms with Gasteiger partial charge in [-0.05, 0) is 7.05 Å². The van der Waals surface area contributed by atoms with Crippen LogP contribution in [0.5, 0.6) is 0 Å². The molecule has 1 N–H and O–H groups in total. The third kappa shape index (κ3) is 2.54. The molecule has 0 unspecified atom stereocenters. The van der Waals surface area contributed by atoms with Crippen LogP contribution in [0.1, 0.15) is 6.92 Å². The van der Waals surface area contributed by atoms with Gasteiger partial charge in [0.05, 0.1) is 13.2 Å². The number of aromatic amines is 1. The van der Waals surface area contributed by atoms with Gasteiger partial charge in [-0.2, -0.15) is 0 Å². The molecular formula is C11H19N3O2. The topological polar surface area (TPSA) is 50.3 Å². The fourth-order valence-corrected chi connectivity index (χ4v) is 2.08. The van der Waals surface area contributed by atoms with E-state index in [4.69, 9.17) is 4.74 Å². The fraction of sp³-hybridized carbons (Fsp3) is 0.727. The number of nitrogens with one attached hydrogen (secondary N) is 1. The second-order valence-electron chi connectivity index (χ2n) is 5.00. The molecule has 2 rings (SSSR count). The van der Waals surface area contributed by atoms with Crippen LogP contribution in [0.25, 0.3) is 0 Å². The molecule has 1 aliphatic rings. The molecule has 5 nitrogen and oxygen atoms in total. The Hall–Kier alpha value is -1.07. The van der Waals surface area contributed by atoms with E-state index < -0.39 is 0 Å². The average molecular weight is 225 g/mol. The third-order valence-corrected chi connectivity index (χ3v) is 3.00. The molecule has 2 heterocycles. The van der Waals surface area contributed by atoms with Crippen LogP contribution in [0, 0.1) is 5.41 Å². The molecule has 1 fully saturated rings. The number of nitrogens with zero attached hydrogens (tertiary/aromatic N) is 2. The van der Waals surface area contributed by atoms with Gasteiger partial charge in [0.1, 0.15) is 0 Å². The highest BCUT2D eigenvalue weighted by Gasteiger charge is 2.34. The first-order chi connectivity index (χ1) is 7.59. The first kappa shape index (κ1) is 11.4. The maximum Gasteiger partial charge on any atom is 0.325 e. The number of aromatic nitrogens is 2. The summed E-state index contributed by atoms with van der Waals surface area (Å²) in [6.45, 7) is 6.56. The molecule has 1 aromatic rings. The molecule has 16 heavy (non-hydrogen) atoms. The molecule has 0 aliphatic carbocycles. The summed E-state index contributed by atoms with van der Waals surface area (Å²) in [4.78, 5) is 16.1. The van der Waals surface area contributed by atoms with Gasteiger partial charge in [0.25, 0.3) is 0 Å². The van der Waals surface area contributed by atoms with E-state index >= 15 is 0 Å². The lowest BCUT2D eigenvalue weighted by atomic mass is 9.88. The predicted octanol–water partition coefficient (Wildman–Crippen LogP) is 0.145. The first-order valence-electron chi connectivity index (χ1n) is 5.59. The van der Waals surface area contributed by atoms with Gasteiger partial charge < -0.3 is 14.6 Å². The van der Waals surface area contributed by atoms with Crippen LogP contribution in [0.4, 0.5) is 0 Å². The van der Waals surface area contributed by atoms with E-state index in [0.717, 1.165) is 32.8 Å². The molecule has 0 aromatic carbocycles. The highest BCUT2D eigenvalue weighted by Crippen LogP contribution is 2.26. The van der Waals surface area contributed by atoms with Gasteiger partial charge in [0.15, 0.2) is 0 Å². The SMILES string of the molecule is CN(CCn1cc[nH]c1=O)CC1(C)COC1. The Labute approximate surface area is 95.0 Å². The molecule has 1 saturated heterocycles. The van der Waals surface area contributed by atoms with Gasteiger partial charge in [0, 0.05) is 37.4 Å². The molecule has 0 bridgehead atoms. The Kier molecular flexibility index (Phi) is 3.16. The van der Waals surface area contributed by atoms with Gasteiger partial charge in [-0.3, -0.25) is 4.57 Å². The number of likely N-dealkylation sites (N-methyl/N-ethyl adjacent to an activating group) is 1. The standard InChI is InChI=1S/C11H19N3O2/c1-11(8-16-9-11)7-13(2)5-6-14-4-3-12-10(14)15/h3-4H,5-9H2,1-2H3,(H,12,15). The van der Waals surface area contributed by atoms with Crippen LogP contribution < -0.4 is 5.69 Å². The van der Waals surface area contributed by atoms with Crippen LogP contribution >= 0.6 is 0 Å². The van der Waals surface area contributed by atoms with E-state index in [1.807, 2.05) is 0 Å². The highest BCUT2D eigenvalue weighted by atomic mass is 16.5. The average Bonchev–Trinajstić information content (AvgIpc) is 2.59. The smallest absolute Gasteiger partial charge is 0.325 e. The van der Waals surface area contributed by atoms with Crippen molar-refractivity contribution in [2.24, 2.45) is 5.41 Å². The molecule has 0 spiro atoms. The molecule has 0 atom stereocenters. The largest absolute Gasteiger partial charge is 0.380 e. The Balaban J connectivity index is 1.77. The van der Waals surface area contributed by atoms with Gasteiger partial charge in [-0.15, -0.1) is 0 Å². The van der Waals surface area contributed by atoms with Crippen molar-refractivity contribution < 1.29 is 4.74 Å². The van der Waals surface area contributed by atoms with Crippen LogP contribution in [-0.2, 0) is 11.3 Å². The first-order valence-corrected chi connectivity index (χ1v) is 5.59. The molecule has 1 aliphatic heterocycles. The van der Waals surface area contributed by atoms with Gasteiger partial charge in [0.2, 0.25) is 0 Å². The Morgan fingerprint density at radius 3 is 2.88 bits per heavy atom. The maximum atomic E-state index is 11.3. The van der Waals surface area contributed by atoms with E-state index in [1.54, 1.807) is 17.0 Å². The summed E-state index contributed by atoms with van der Waals surface area (Å²) in [7, 11) is 2.08. The lowest BCUT2D eigenvalue weighted by molar-refractivity contribution is -0.112. The van der Waals surface area contributed by atoms with Gasteiger partial charge in [-0.25, -0.2) is 4.79 Å². The normalized spacial score (nSPS) is 18.7. The monoisotopic (exact) mass is 225 g/mol. The molecule has 90 valence electrons. The number of ether oxygens (including phenoxy) is 1. The van der Waals surface area contributed by atoms with Crippen LogP contribution in [0.3, 0.4) is 0 Å². The van der Waals surface area contributed by atoms with Crippen molar-refractivity contribution in [3.8, 4) is 0 Å². The van der Waals surface area contributed by atoms with Crippen molar-refractivity contribution in [1.29, 1.82) is 0 Å². The predicted molar refractivity (Wildman–Crippen MR) is 61.5 cm³/mol. The zero-order valence-electron chi connectivity index (χ0n) is 9.90. The minimum atomic E-state index is -0.0356. The summed E-state index contributed by atoms with van der Waals surface area (Å²) in [5.74, 6) is 0. The second kappa shape index (κ2) is 4.43. The zero-order chi connectivity index (χ0) is 11.6. The van der Waals surface area contributed by atoms with Gasteiger partial charge >= 0.3 is 5.69 Å². The summed E-state index contributed by atoms with van der Waals surface area (Å²) in [5, 5.41) is 0. The summed E-state index contributed by atoms with van der Waals surface area (Å²) in [5.41, 5.74) is 0.268. The molecule has 0 saturated carbocycles. The summed E-state index contributed by atoms with van der Waals surface area (Å²) >= 11 is 0. The number of hydrogen-bond acceptors (Lipinski definition) is 3. The lowest BCUT2D eigenvalue weighted by Crippen LogP contribution is -2.48. The van der Waals surface area contributed by atoms with E-state index in [2.05, 4.69) is 23.9 Å². The Morgan fingerprint density at radius 2 is 2.38 bits per heavy atom. The van der Waals surface area contributed by atoms with Crippen molar-refractivity contribution in [2.75, 3.05) is 33.4 Å². The van der Waals surface area contributed by atoms with E-state index in [-0.39, 0.29) is 5.69 Å². The van der Waals surface area contributed by atoms with Crippen LogP contribution in [0.2, 0.25) is 0 Å². The quantitative estimate of drug-likeness (QED) is 0.775. The summed E-state index contributed by atoms with van der Waals surface area (Å²) in [6.07, 6.45) is 3.45. The van der Waals surface area contributed by atoms with Crippen molar-refractivity contribution >= 4 is 0 Å². The third-order valence-electron chi connectivity index (χ3n) is 3.00. The van der Waals surface area contributed by atoms with Crippen molar-refractivity contribution in [3.63, 3.8) is 0 Å². The zero-order valence-corrected chi connectivity index (χ0v) is 9.90. The summed E-state index contributed by atoms with van der Waals surface area (Å²) in [6, 6.07) is 0. The number of imidazole rings is 1. The van der Waals surface area contributed by atoms with E-state index in [1.165, 1.54) is 0 Å². The van der Waals surface area contributed by atoms with Crippen molar-refractivity contribution in [2.45, 2.75) is 13.5 Å².